The molecule has 226 valence electrons. The molecule has 2 aliphatic rings. The van der Waals surface area contributed by atoms with E-state index in [0.717, 1.165) is 18.1 Å². The Balaban J connectivity index is -0.0000000410. The highest BCUT2D eigenvalue weighted by molar-refractivity contribution is 7.98. The minimum atomic E-state index is 0. The summed E-state index contributed by atoms with van der Waals surface area (Å²) in [7, 11) is 0. The first-order valence-corrected chi connectivity index (χ1v) is 16.3. The SMILES string of the molecule is C.C.C1CCNCC1.C1CCNCC1.CCOCS.CCSC.CSCCO.CSCCO.O.O. The molecule has 7 nitrogen and oxygen atoms in total. The maximum atomic E-state index is 8.05. The van der Waals surface area contributed by atoms with Gasteiger partial charge in [-0.2, -0.15) is 47.9 Å². The fourth-order valence-electron chi connectivity index (χ4n) is 1.88. The van der Waals surface area contributed by atoms with Crippen LogP contribution in [0.2, 0.25) is 0 Å². The van der Waals surface area contributed by atoms with E-state index in [1.807, 2.05) is 31.2 Å². The first-order chi connectivity index (χ1) is 15.2. The molecule has 0 aromatic rings. The van der Waals surface area contributed by atoms with Crippen LogP contribution in [-0.2, 0) is 4.74 Å². The Labute approximate surface area is 238 Å². The number of hydrogen-bond acceptors (Lipinski definition) is 9. The fourth-order valence-corrected chi connectivity index (χ4v) is 2.43. The van der Waals surface area contributed by atoms with Gasteiger partial charge in [-0.3, -0.25) is 0 Å². The van der Waals surface area contributed by atoms with Crippen LogP contribution in [0.5, 0.6) is 0 Å². The van der Waals surface area contributed by atoms with Crippen molar-refractivity contribution in [2.24, 2.45) is 0 Å². The van der Waals surface area contributed by atoms with Crippen LogP contribution in [-0.4, -0.2) is 109 Å². The van der Waals surface area contributed by atoms with Crippen molar-refractivity contribution in [2.75, 3.05) is 88.0 Å². The largest absolute Gasteiger partial charge is 0.412 e. The van der Waals surface area contributed by atoms with Gasteiger partial charge in [0.15, 0.2) is 0 Å². The normalized spacial score (nSPS) is 12.7. The summed E-state index contributed by atoms with van der Waals surface area (Å²) in [6.07, 6.45) is 14.5. The lowest BCUT2D eigenvalue weighted by atomic mass is 10.2. The summed E-state index contributed by atoms with van der Waals surface area (Å²) >= 11 is 8.94. The Morgan fingerprint density at radius 1 is 0.686 bits per heavy atom. The van der Waals surface area contributed by atoms with Gasteiger partial charge in [-0.1, -0.05) is 34.6 Å². The van der Waals surface area contributed by atoms with Crippen LogP contribution >= 0.6 is 47.9 Å². The second kappa shape index (κ2) is 70.3. The summed E-state index contributed by atoms with van der Waals surface area (Å²) in [5.41, 5.74) is 0. The molecule has 11 heteroatoms. The predicted octanol–water partition coefficient (Wildman–Crippen LogP) is 4.11. The van der Waals surface area contributed by atoms with Gasteiger partial charge < -0.3 is 36.5 Å². The van der Waals surface area contributed by atoms with Crippen LogP contribution in [0.25, 0.3) is 0 Å². The summed E-state index contributed by atoms with van der Waals surface area (Å²) in [6.45, 7) is 10.5. The third-order valence-corrected chi connectivity index (χ3v) is 5.53. The zero-order chi connectivity index (χ0) is 24.3. The first kappa shape index (κ1) is 56.3. The summed E-state index contributed by atoms with van der Waals surface area (Å²) in [5.74, 6) is 3.50. The molecule has 35 heavy (non-hydrogen) atoms. The van der Waals surface area contributed by atoms with Gasteiger partial charge in [0, 0.05) is 18.1 Å². The zero-order valence-electron chi connectivity index (χ0n) is 22.0. The van der Waals surface area contributed by atoms with E-state index in [9.17, 15) is 0 Å². The molecule has 0 aliphatic carbocycles. The molecule has 2 rings (SSSR count). The van der Waals surface area contributed by atoms with E-state index in [-0.39, 0.29) is 25.8 Å². The molecule has 0 radical (unpaired) electrons. The average Bonchev–Trinajstić information content (AvgIpc) is 2.85. The number of thioether (sulfide) groups is 3. The lowest BCUT2D eigenvalue weighted by Crippen LogP contribution is -2.21. The quantitative estimate of drug-likeness (QED) is 0.221. The third kappa shape index (κ3) is 95.2. The van der Waals surface area contributed by atoms with Crippen LogP contribution in [0.15, 0.2) is 0 Å². The van der Waals surface area contributed by atoms with E-state index in [4.69, 9.17) is 14.9 Å². The molecular weight excluding hydrogens is 525 g/mol. The standard InChI is InChI=1S/2C5H11N.3C3H8OS.C3H8S.2CH4.2H2O/c2*1-2-4-6-5-3-1;2*1-5-3-2-4;1-2-4-3-5;1-3-4-2;;;;/h2*6H,1-5H2;2*4H,2-3H2,1H3;5H,2-3H2,1H3;3H2,1-2H3;2*1H4;2*1H2. The Kier molecular flexibility index (Phi) is 113. The highest BCUT2D eigenvalue weighted by Gasteiger charge is 1.94. The number of nitrogens with one attached hydrogen (secondary N) is 2. The number of aliphatic hydroxyl groups excluding tert-OH is 2. The summed E-state index contributed by atoms with van der Waals surface area (Å²) in [5, 5.41) is 22.7. The maximum absolute atomic E-state index is 8.05. The monoisotopic (exact) mass is 590 g/mol. The lowest BCUT2D eigenvalue weighted by Gasteiger charge is -2.08. The average molecular weight is 591 g/mol. The Hall–Kier alpha value is 1.12. The number of thiol groups is 1. The fraction of sp³-hybridized carbons (Fsp3) is 1.00. The van der Waals surface area contributed by atoms with Gasteiger partial charge in [-0.15, -0.1) is 0 Å². The lowest BCUT2D eigenvalue weighted by molar-refractivity contribution is 0.200. The zero-order valence-corrected chi connectivity index (χ0v) is 25.3. The molecule has 0 unspecified atom stereocenters. The van der Waals surface area contributed by atoms with Crippen molar-refractivity contribution in [1.29, 1.82) is 0 Å². The van der Waals surface area contributed by atoms with Gasteiger partial charge in [0.2, 0.25) is 0 Å². The van der Waals surface area contributed by atoms with Gasteiger partial charge in [0.05, 0.1) is 19.2 Å². The molecule has 0 aromatic heterocycles. The molecule has 0 amide bonds. The number of aliphatic hydroxyl groups is 2. The number of rotatable bonds is 7. The maximum Gasteiger partial charge on any atom is 0.0892 e. The van der Waals surface area contributed by atoms with Gasteiger partial charge in [-0.25, -0.2) is 0 Å². The van der Waals surface area contributed by atoms with E-state index >= 15 is 0 Å². The van der Waals surface area contributed by atoms with Crippen molar-refractivity contribution >= 4 is 47.9 Å². The van der Waals surface area contributed by atoms with Crippen molar-refractivity contribution in [2.45, 2.75) is 67.2 Å². The molecule has 0 spiro atoms. The Morgan fingerprint density at radius 3 is 1.03 bits per heavy atom. The second-order valence-corrected chi connectivity index (χ2v) is 9.64. The third-order valence-electron chi connectivity index (χ3n) is 3.59. The van der Waals surface area contributed by atoms with Gasteiger partial charge in [0.1, 0.15) is 0 Å². The van der Waals surface area contributed by atoms with E-state index in [0.29, 0.717) is 19.2 Å². The summed E-state index contributed by atoms with van der Waals surface area (Å²) in [6, 6.07) is 0. The highest BCUT2D eigenvalue weighted by atomic mass is 32.2. The van der Waals surface area contributed by atoms with Crippen LogP contribution in [0.1, 0.15) is 67.2 Å². The van der Waals surface area contributed by atoms with Crippen molar-refractivity contribution < 1.29 is 25.9 Å². The molecule has 2 aliphatic heterocycles. The van der Waals surface area contributed by atoms with Crippen molar-refractivity contribution in [1.82, 2.24) is 10.6 Å². The molecular formula is C24H66N2O5S4. The van der Waals surface area contributed by atoms with Crippen molar-refractivity contribution in [3.8, 4) is 0 Å². The second-order valence-electron chi connectivity index (χ2n) is 6.25. The minimum absolute atomic E-state index is 0. The molecule has 2 saturated heterocycles. The predicted molar refractivity (Wildman–Crippen MR) is 175 cm³/mol. The highest BCUT2D eigenvalue weighted by Crippen LogP contribution is 1.97. The van der Waals surface area contributed by atoms with Gasteiger partial charge >= 0.3 is 0 Å². The summed E-state index contributed by atoms with van der Waals surface area (Å²) in [4.78, 5) is 0. The van der Waals surface area contributed by atoms with Crippen LogP contribution in [0.3, 0.4) is 0 Å². The van der Waals surface area contributed by atoms with E-state index in [1.54, 1.807) is 23.5 Å². The van der Waals surface area contributed by atoms with E-state index in [1.165, 1.54) is 70.5 Å². The van der Waals surface area contributed by atoms with Crippen LogP contribution in [0, 0.1) is 0 Å². The molecule has 0 bridgehead atoms. The number of hydrogen-bond donors (Lipinski definition) is 5. The summed E-state index contributed by atoms with van der Waals surface area (Å²) < 4.78 is 4.70. The van der Waals surface area contributed by atoms with Gasteiger partial charge in [-0.05, 0) is 83.3 Å². The van der Waals surface area contributed by atoms with Crippen molar-refractivity contribution in [3.05, 3.63) is 0 Å². The molecule has 2 heterocycles. The molecule has 0 saturated carbocycles. The molecule has 8 N–H and O–H groups in total. The van der Waals surface area contributed by atoms with Crippen LogP contribution < -0.4 is 10.6 Å². The molecule has 0 atom stereocenters. The van der Waals surface area contributed by atoms with Crippen molar-refractivity contribution in [3.63, 3.8) is 0 Å². The minimum Gasteiger partial charge on any atom is -0.412 e. The molecule has 0 aromatic carbocycles. The van der Waals surface area contributed by atoms with Gasteiger partial charge in [0.25, 0.3) is 0 Å². The topological polar surface area (TPSA) is 137 Å². The van der Waals surface area contributed by atoms with E-state index in [2.05, 4.69) is 36.4 Å². The number of piperidine rings is 2. The smallest absolute Gasteiger partial charge is 0.0892 e. The Morgan fingerprint density at radius 2 is 1.00 bits per heavy atom. The van der Waals surface area contributed by atoms with E-state index < -0.39 is 0 Å². The first-order valence-electron chi connectivity index (χ1n) is 11.4. The molecule has 2 fully saturated rings. The Bertz CT molecular complexity index is 191. The van der Waals surface area contributed by atoms with Crippen LogP contribution in [0.4, 0.5) is 0 Å². The number of ether oxygens (including phenoxy) is 1.